The monoisotopic (exact) mass is 584 g/mol. The number of carbonyl (C=O) groups excluding carboxylic acids is 1. The van der Waals surface area contributed by atoms with Gasteiger partial charge in [-0.3, -0.25) is 4.79 Å². The van der Waals surface area contributed by atoms with Crippen molar-refractivity contribution in [3.05, 3.63) is 46.5 Å². The minimum Gasteiger partial charge on any atom is -0.370 e. The third-order valence-corrected chi connectivity index (χ3v) is 7.76. The summed E-state index contributed by atoms with van der Waals surface area (Å²) in [6.07, 6.45) is -9.04. The number of piperidine rings is 1. The number of carbonyl (C=O) groups is 1. The third-order valence-electron chi connectivity index (χ3n) is 7.43. The summed E-state index contributed by atoms with van der Waals surface area (Å²) < 4.78 is 79.6. The second-order valence-corrected chi connectivity index (χ2v) is 10.5. The van der Waals surface area contributed by atoms with E-state index in [4.69, 9.17) is 11.6 Å². The van der Waals surface area contributed by atoms with Crippen LogP contribution in [0.15, 0.2) is 30.3 Å². The molecule has 0 bridgehead atoms. The van der Waals surface area contributed by atoms with Crippen LogP contribution in [0.1, 0.15) is 36.8 Å². The van der Waals surface area contributed by atoms with E-state index in [2.05, 4.69) is 26.7 Å². The second kappa shape index (κ2) is 10.1. The number of anilines is 3. The molecule has 2 aromatic carbocycles. The Labute approximate surface area is 229 Å². The minimum atomic E-state index is -4.61. The predicted molar refractivity (Wildman–Crippen MR) is 136 cm³/mol. The first-order valence-corrected chi connectivity index (χ1v) is 12.8. The Kier molecular flexibility index (Phi) is 7.02. The quantitative estimate of drug-likeness (QED) is 0.285. The average molecular weight is 585 g/mol. The zero-order valence-corrected chi connectivity index (χ0v) is 21.6. The SMILES string of the molecule is N#Cc1c(N2CCCC(C(F)(F)F)C2)ccc2[nH]c(Nc3cc(CNC(=O)C4(C(F)(F)F)CC4)ccc3Cl)nc12. The van der Waals surface area contributed by atoms with Gasteiger partial charge in [-0.25, -0.2) is 4.98 Å². The molecular weight excluding hydrogens is 562 g/mol. The maximum absolute atomic E-state index is 13.3. The first-order valence-electron chi connectivity index (χ1n) is 12.5. The Hall–Kier alpha value is -3.66. The molecule has 3 N–H and O–H groups in total. The van der Waals surface area contributed by atoms with Crippen LogP contribution in [-0.2, 0) is 11.3 Å². The normalized spacial score (nSPS) is 18.9. The Morgan fingerprint density at radius 1 is 1.20 bits per heavy atom. The number of nitriles is 1. The molecule has 2 heterocycles. The van der Waals surface area contributed by atoms with Crippen molar-refractivity contribution in [2.75, 3.05) is 23.3 Å². The van der Waals surface area contributed by atoms with Gasteiger partial charge in [0.05, 0.1) is 27.8 Å². The number of H-pyrrole nitrogens is 1. The number of hydrogen-bond acceptors (Lipinski definition) is 5. The summed E-state index contributed by atoms with van der Waals surface area (Å²) in [6, 6.07) is 9.90. The van der Waals surface area contributed by atoms with Gasteiger partial charge < -0.3 is 20.5 Å². The molecule has 5 rings (SSSR count). The van der Waals surface area contributed by atoms with E-state index in [1.165, 1.54) is 6.07 Å². The molecule has 0 radical (unpaired) electrons. The highest BCUT2D eigenvalue weighted by Gasteiger charge is 2.68. The Bertz CT molecular complexity index is 1490. The summed E-state index contributed by atoms with van der Waals surface area (Å²) >= 11 is 6.29. The number of benzene rings is 2. The zero-order chi connectivity index (χ0) is 28.9. The van der Waals surface area contributed by atoms with Gasteiger partial charge in [0, 0.05) is 19.6 Å². The number of imidazole rings is 1. The van der Waals surface area contributed by atoms with E-state index in [9.17, 15) is 36.4 Å². The lowest BCUT2D eigenvalue weighted by Crippen LogP contribution is -2.42. The van der Waals surface area contributed by atoms with Crippen molar-refractivity contribution < 1.29 is 31.1 Å². The zero-order valence-electron chi connectivity index (χ0n) is 20.8. The lowest BCUT2D eigenvalue weighted by atomic mass is 9.96. The van der Waals surface area contributed by atoms with Gasteiger partial charge in [0.1, 0.15) is 22.6 Å². The summed E-state index contributed by atoms with van der Waals surface area (Å²) in [5, 5.41) is 15.4. The number of aromatic nitrogens is 2. The predicted octanol–water partition coefficient (Wildman–Crippen LogP) is 6.57. The van der Waals surface area contributed by atoms with Gasteiger partial charge in [0.2, 0.25) is 11.9 Å². The highest BCUT2D eigenvalue weighted by Crippen LogP contribution is 2.57. The number of amides is 1. The topological polar surface area (TPSA) is 96.8 Å². The van der Waals surface area contributed by atoms with Gasteiger partial charge in [0.15, 0.2) is 0 Å². The van der Waals surface area contributed by atoms with Crippen LogP contribution >= 0.6 is 11.6 Å². The molecule has 14 heteroatoms. The molecule has 40 heavy (non-hydrogen) atoms. The second-order valence-electron chi connectivity index (χ2n) is 10.1. The van der Waals surface area contributed by atoms with Crippen molar-refractivity contribution in [3.63, 3.8) is 0 Å². The van der Waals surface area contributed by atoms with Crippen molar-refractivity contribution in [3.8, 4) is 6.07 Å². The van der Waals surface area contributed by atoms with Crippen LogP contribution in [0.2, 0.25) is 5.02 Å². The number of halogens is 7. The van der Waals surface area contributed by atoms with Crippen LogP contribution in [0, 0.1) is 22.7 Å². The highest BCUT2D eigenvalue weighted by atomic mass is 35.5. The van der Waals surface area contributed by atoms with Crippen molar-refractivity contribution in [1.29, 1.82) is 5.26 Å². The molecule has 2 fully saturated rings. The highest BCUT2D eigenvalue weighted by molar-refractivity contribution is 6.33. The standard InChI is InChI=1S/C26H23ClF6N6O/c27-17-4-3-14(12-35-22(40)24(7-8-24)26(31,32)33)10-19(17)37-23-36-18-5-6-20(16(11-34)21(18)38-23)39-9-1-2-15(13-39)25(28,29)30/h3-6,10,15H,1-2,7-9,12-13H2,(H,35,40)(H2,36,37,38). The summed E-state index contributed by atoms with van der Waals surface area (Å²) in [6.45, 7) is -0.0209. The molecule has 1 aromatic heterocycles. The maximum atomic E-state index is 13.3. The van der Waals surface area contributed by atoms with E-state index in [0.29, 0.717) is 35.4 Å². The average Bonchev–Trinajstić information content (AvgIpc) is 3.63. The Morgan fingerprint density at radius 3 is 2.60 bits per heavy atom. The molecule has 1 saturated carbocycles. The molecule has 1 amide bonds. The van der Waals surface area contributed by atoms with E-state index in [-0.39, 0.29) is 54.4 Å². The molecule has 1 saturated heterocycles. The van der Waals surface area contributed by atoms with Crippen LogP contribution in [0.4, 0.5) is 43.7 Å². The fraction of sp³-hybridized carbons (Fsp3) is 0.423. The fourth-order valence-corrected chi connectivity index (χ4v) is 5.15. The molecule has 2 aliphatic rings. The smallest absolute Gasteiger partial charge is 0.370 e. The molecular formula is C26H23ClF6N6O. The van der Waals surface area contributed by atoms with Crippen molar-refractivity contribution >= 4 is 45.9 Å². The minimum absolute atomic E-state index is 0.0350. The lowest BCUT2D eigenvalue weighted by Gasteiger charge is -2.35. The van der Waals surface area contributed by atoms with Gasteiger partial charge in [-0.15, -0.1) is 0 Å². The molecule has 212 valence electrons. The van der Waals surface area contributed by atoms with Gasteiger partial charge in [-0.1, -0.05) is 17.7 Å². The molecule has 1 atom stereocenters. The van der Waals surface area contributed by atoms with Crippen LogP contribution in [0.3, 0.4) is 0 Å². The number of aromatic amines is 1. The fourth-order valence-electron chi connectivity index (χ4n) is 4.98. The van der Waals surface area contributed by atoms with E-state index < -0.39 is 29.6 Å². The summed E-state index contributed by atoms with van der Waals surface area (Å²) in [5.74, 6) is -2.37. The van der Waals surface area contributed by atoms with Crippen LogP contribution in [0.5, 0.6) is 0 Å². The molecule has 3 aromatic rings. The molecule has 1 aliphatic heterocycles. The Balaban J connectivity index is 1.34. The third kappa shape index (κ3) is 5.24. The van der Waals surface area contributed by atoms with Crippen molar-refractivity contribution in [2.45, 2.75) is 44.6 Å². The van der Waals surface area contributed by atoms with Gasteiger partial charge >= 0.3 is 12.4 Å². The lowest BCUT2D eigenvalue weighted by molar-refractivity contribution is -0.192. The number of nitrogens with zero attached hydrogens (tertiary/aromatic N) is 3. The summed E-state index contributed by atoms with van der Waals surface area (Å²) in [5.41, 5.74) is -0.276. The van der Waals surface area contributed by atoms with Gasteiger partial charge in [-0.2, -0.15) is 31.6 Å². The van der Waals surface area contributed by atoms with Gasteiger partial charge in [0.25, 0.3) is 0 Å². The Morgan fingerprint density at radius 2 is 1.95 bits per heavy atom. The first-order chi connectivity index (χ1) is 18.8. The van der Waals surface area contributed by atoms with Crippen LogP contribution in [0.25, 0.3) is 11.0 Å². The number of nitrogens with one attached hydrogen (secondary N) is 3. The molecule has 7 nitrogen and oxygen atoms in total. The van der Waals surface area contributed by atoms with Crippen LogP contribution < -0.4 is 15.5 Å². The van der Waals surface area contributed by atoms with E-state index in [0.717, 1.165) is 0 Å². The van der Waals surface area contributed by atoms with E-state index in [1.807, 2.05) is 0 Å². The van der Waals surface area contributed by atoms with Crippen LogP contribution in [-0.4, -0.2) is 41.3 Å². The summed E-state index contributed by atoms with van der Waals surface area (Å²) in [7, 11) is 0. The summed E-state index contributed by atoms with van der Waals surface area (Å²) in [4.78, 5) is 21.2. The number of rotatable bonds is 6. The largest absolute Gasteiger partial charge is 0.403 e. The van der Waals surface area contributed by atoms with E-state index >= 15 is 0 Å². The van der Waals surface area contributed by atoms with Crippen molar-refractivity contribution in [1.82, 2.24) is 15.3 Å². The first kappa shape index (κ1) is 27.9. The molecule has 0 spiro atoms. The number of hydrogen-bond donors (Lipinski definition) is 3. The van der Waals surface area contributed by atoms with E-state index in [1.54, 1.807) is 29.2 Å². The number of fused-ring (bicyclic) bond motifs is 1. The maximum Gasteiger partial charge on any atom is 0.403 e. The number of alkyl halides is 6. The van der Waals surface area contributed by atoms with Gasteiger partial charge in [-0.05, 0) is 55.5 Å². The molecule has 1 unspecified atom stereocenters. The molecule has 1 aliphatic carbocycles. The van der Waals surface area contributed by atoms with Crippen molar-refractivity contribution in [2.24, 2.45) is 11.3 Å².